The molecule has 0 spiro atoms. The zero-order chi connectivity index (χ0) is 16.9. The van der Waals surface area contributed by atoms with E-state index in [2.05, 4.69) is 5.10 Å². The van der Waals surface area contributed by atoms with E-state index in [-0.39, 0.29) is 17.8 Å². The molecule has 128 valence electrons. The zero-order valence-corrected chi connectivity index (χ0v) is 14.3. The Morgan fingerprint density at radius 3 is 2.58 bits per heavy atom. The van der Waals surface area contributed by atoms with Crippen LogP contribution in [0.2, 0.25) is 0 Å². The molecule has 2 atom stereocenters. The summed E-state index contributed by atoms with van der Waals surface area (Å²) in [5, 5.41) is 4.49. The molecule has 1 aromatic carbocycles. The number of nitrogens with zero attached hydrogens (tertiary/aromatic N) is 4. The van der Waals surface area contributed by atoms with Crippen molar-refractivity contribution in [1.82, 2.24) is 18.7 Å². The third-order valence-electron chi connectivity index (χ3n) is 4.92. The fourth-order valence-corrected chi connectivity index (χ4v) is 5.38. The third kappa shape index (κ3) is 2.59. The van der Waals surface area contributed by atoms with Crippen molar-refractivity contribution in [2.24, 2.45) is 0 Å². The molecule has 2 aliphatic heterocycles. The van der Waals surface area contributed by atoms with Gasteiger partial charge in [-0.1, -0.05) is 30.3 Å². The van der Waals surface area contributed by atoms with Crippen molar-refractivity contribution in [3.8, 4) is 0 Å². The molecule has 8 heteroatoms. The first-order valence-electron chi connectivity index (χ1n) is 8.12. The van der Waals surface area contributed by atoms with Crippen LogP contribution in [0.4, 0.5) is 0 Å². The Balaban J connectivity index is 1.68. The molecule has 7 nitrogen and oxygen atoms in total. The molecule has 2 bridgehead atoms. The van der Waals surface area contributed by atoms with Gasteiger partial charge >= 0.3 is 5.69 Å². The summed E-state index contributed by atoms with van der Waals surface area (Å²) in [4.78, 5) is 12.7. The number of fused-ring (bicyclic) bond motifs is 3. The van der Waals surface area contributed by atoms with Crippen molar-refractivity contribution >= 4 is 10.0 Å². The fourth-order valence-electron chi connectivity index (χ4n) is 3.94. The second kappa shape index (κ2) is 5.56. The maximum Gasteiger partial charge on any atom is 0.346 e. The quantitative estimate of drug-likeness (QED) is 0.807. The van der Waals surface area contributed by atoms with Crippen LogP contribution in [0.1, 0.15) is 24.2 Å². The minimum absolute atomic E-state index is 0.0850. The monoisotopic (exact) mass is 348 g/mol. The molecule has 0 saturated carbocycles. The SMILES string of the molecule is CS(=O)(=O)N1[C@@H]2CC[C@H]1Cc1nn(Cc3ccccc3)c(=O)n1C2. The normalized spacial score (nSPS) is 23.9. The standard InChI is InChI=1S/C16H20N4O3S/c1-24(22,23)20-13-7-8-14(20)11-18-15(9-13)17-19(16(18)21)10-12-5-3-2-4-6-12/h2-6,13-14H,7-11H2,1H3/t13-,14+/m0/s1. The minimum atomic E-state index is -3.27. The number of hydrogen-bond donors (Lipinski definition) is 0. The second-order valence-electron chi connectivity index (χ2n) is 6.63. The van der Waals surface area contributed by atoms with Gasteiger partial charge in [-0.05, 0) is 18.4 Å². The summed E-state index contributed by atoms with van der Waals surface area (Å²) in [6.07, 6.45) is 3.38. The van der Waals surface area contributed by atoms with Crippen LogP contribution in [0.25, 0.3) is 0 Å². The van der Waals surface area contributed by atoms with E-state index in [4.69, 9.17) is 0 Å². The zero-order valence-electron chi connectivity index (χ0n) is 13.5. The van der Waals surface area contributed by atoms with Crippen molar-refractivity contribution in [2.75, 3.05) is 6.26 Å². The Bertz CT molecular complexity index is 917. The smallest absolute Gasteiger partial charge is 0.277 e. The highest BCUT2D eigenvalue weighted by Gasteiger charge is 2.43. The Morgan fingerprint density at radius 1 is 1.17 bits per heavy atom. The van der Waals surface area contributed by atoms with Gasteiger partial charge in [0.1, 0.15) is 5.82 Å². The Hall–Kier alpha value is -1.93. The number of benzene rings is 1. The van der Waals surface area contributed by atoms with Gasteiger partial charge in [0.05, 0.1) is 12.8 Å². The molecule has 0 unspecified atom stereocenters. The lowest BCUT2D eigenvalue weighted by Gasteiger charge is -2.24. The van der Waals surface area contributed by atoms with Gasteiger partial charge in [-0.2, -0.15) is 9.40 Å². The lowest BCUT2D eigenvalue weighted by molar-refractivity contribution is 0.315. The van der Waals surface area contributed by atoms with Crippen molar-refractivity contribution in [3.05, 3.63) is 52.2 Å². The van der Waals surface area contributed by atoms with Gasteiger partial charge in [-0.15, -0.1) is 0 Å². The van der Waals surface area contributed by atoms with E-state index in [0.29, 0.717) is 25.3 Å². The molecule has 4 rings (SSSR count). The van der Waals surface area contributed by atoms with Gasteiger partial charge < -0.3 is 0 Å². The first-order valence-corrected chi connectivity index (χ1v) is 9.97. The molecule has 0 amide bonds. The van der Waals surface area contributed by atoms with Crippen molar-refractivity contribution in [1.29, 1.82) is 0 Å². The van der Waals surface area contributed by atoms with E-state index in [0.717, 1.165) is 18.4 Å². The summed E-state index contributed by atoms with van der Waals surface area (Å²) in [5.41, 5.74) is 0.864. The minimum Gasteiger partial charge on any atom is -0.277 e. The summed E-state index contributed by atoms with van der Waals surface area (Å²) < 4.78 is 28.9. The highest BCUT2D eigenvalue weighted by molar-refractivity contribution is 7.88. The van der Waals surface area contributed by atoms with E-state index >= 15 is 0 Å². The van der Waals surface area contributed by atoms with Crippen LogP contribution in [0.15, 0.2) is 35.1 Å². The van der Waals surface area contributed by atoms with Crippen molar-refractivity contribution in [3.63, 3.8) is 0 Å². The van der Waals surface area contributed by atoms with Crippen LogP contribution in [-0.2, 0) is 29.5 Å². The van der Waals surface area contributed by atoms with Gasteiger partial charge in [0.15, 0.2) is 0 Å². The predicted octanol–water partition coefficient (Wildman–Crippen LogP) is 0.442. The largest absolute Gasteiger partial charge is 0.346 e. The highest BCUT2D eigenvalue weighted by Crippen LogP contribution is 2.32. The summed E-state index contributed by atoms with van der Waals surface area (Å²) in [6, 6.07) is 9.51. The number of rotatable bonds is 3. The molecule has 2 aliphatic rings. The topological polar surface area (TPSA) is 77.2 Å². The Kier molecular flexibility index (Phi) is 3.61. The summed E-state index contributed by atoms with van der Waals surface area (Å²) >= 11 is 0. The number of sulfonamides is 1. The van der Waals surface area contributed by atoms with Crippen LogP contribution in [0, 0.1) is 0 Å². The van der Waals surface area contributed by atoms with Crippen LogP contribution in [0.3, 0.4) is 0 Å². The van der Waals surface area contributed by atoms with Gasteiger partial charge in [0.25, 0.3) is 0 Å². The highest BCUT2D eigenvalue weighted by atomic mass is 32.2. The molecule has 2 aromatic rings. The third-order valence-corrected chi connectivity index (χ3v) is 6.28. The lowest BCUT2D eigenvalue weighted by atomic mass is 10.1. The van der Waals surface area contributed by atoms with Crippen LogP contribution in [0.5, 0.6) is 0 Å². The molecule has 1 aromatic heterocycles. The van der Waals surface area contributed by atoms with Crippen LogP contribution < -0.4 is 5.69 Å². The van der Waals surface area contributed by atoms with E-state index < -0.39 is 10.0 Å². The molecule has 0 radical (unpaired) electrons. The number of hydrogen-bond acceptors (Lipinski definition) is 4. The molecule has 0 N–H and O–H groups in total. The average Bonchev–Trinajstić information content (AvgIpc) is 2.98. The van der Waals surface area contributed by atoms with Gasteiger partial charge in [0, 0.05) is 25.0 Å². The fraction of sp³-hybridized carbons (Fsp3) is 0.500. The average molecular weight is 348 g/mol. The molecule has 24 heavy (non-hydrogen) atoms. The first kappa shape index (κ1) is 15.6. The van der Waals surface area contributed by atoms with Gasteiger partial charge in [-0.25, -0.2) is 17.9 Å². The van der Waals surface area contributed by atoms with E-state index in [9.17, 15) is 13.2 Å². The van der Waals surface area contributed by atoms with Crippen LogP contribution in [-0.4, -0.2) is 45.4 Å². The van der Waals surface area contributed by atoms with E-state index in [1.807, 2.05) is 30.3 Å². The maximum absolute atomic E-state index is 12.7. The van der Waals surface area contributed by atoms with E-state index in [1.165, 1.54) is 10.9 Å². The van der Waals surface area contributed by atoms with Crippen molar-refractivity contribution < 1.29 is 8.42 Å². The Labute approximate surface area is 140 Å². The molecule has 3 heterocycles. The molecule has 0 aliphatic carbocycles. The predicted molar refractivity (Wildman–Crippen MR) is 89.2 cm³/mol. The molecular weight excluding hydrogens is 328 g/mol. The van der Waals surface area contributed by atoms with Crippen LogP contribution >= 0.6 is 0 Å². The summed E-state index contributed by atoms with van der Waals surface area (Å²) in [5.74, 6) is 0.691. The summed E-state index contributed by atoms with van der Waals surface area (Å²) in [7, 11) is -3.27. The summed E-state index contributed by atoms with van der Waals surface area (Å²) in [6.45, 7) is 0.831. The molecule has 1 saturated heterocycles. The van der Waals surface area contributed by atoms with Gasteiger partial charge in [-0.3, -0.25) is 4.57 Å². The first-order chi connectivity index (χ1) is 11.4. The second-order valence-corrected chi connectivity index (χ2v) is 8.52. The molecular formula is C16H20N4O3S. The molecule has 1 fully saturated rings. The van der Waals surface area contributed by atoms with Crippen molar-refractivity contribution in [2.45, 2.75) is 44.4 Å². The van der Waals surface area contributed by atoms with Gasteiger partial charge in [0.2, 0.25) is 10.0 Å². The lowest BCUT2D eigenvalue weighted by Crippen LogP contribution is -2.42. The number of aromatic nitrogens is 3. The van der Waals surface area contributed by atoms with E-state index in [1.54, 1.807) is 8.87 Å². The maximum atomic E-state index is 12.7. The Morgan fingerprint density at radius 2 is 1.88 bits per heavy atom.